The van der Waals surface area contributed by atoms with Crippen LogP contribution in [0.2, 0.25) is 0 Å². The number of ether oxygens (including phenoxy) is 1. The quantitative estimate of drug-likeness (QED) is 0.479. The maximum Gasteiger partial charge on any atom is 0.100 e. The van der Waals surface area contributed by atoms with Gasteiger partial charge in [0, 0.05) is 0 Å². The van der Waals surface area contributed by atoms with E-state index in [2.05, 4.69) is 0 Å². The lowest BCUT2D eigenvalue weighted by Crippen LogP contribution is -1.72. The minimum Gasteiger partial charge on any atom is -0.470 e. The first-order chi connectivity index (χ1) is 4.29. The summed E-state index contributed by atoms with van der Waals surface area (Å²) in [6.45, 7) is 3.97. The monoisotopic (exact) mass is 122 g/mol. The number of hydrogen-bond acceptors (Lipinski definition) is 1. The highest BCUT2D eigenvalue weighted by molar-refractivity contribution is 5.24. The van der Waals surface area contributed by atoms with Crippen molar-refractivity contribution < 1.29 is 4.74 Å². The summed E-state index contributed by atoms with van der Waals surface area (Å²) < 4.78 is 5.10. The normalized spacial score (nSPS) is 17.6. The first-order valence-electron chi connectivity index (χ1n) is 2.97. The van der Waals surface area contributed by atoms with Crippen LogP contribution < -0.4 is 0 Å². The zero-order chi connectivity index (χ0) is 6.69. The van der Waals surface area contributed by atoms with Crippen LogP contribution in [0.1, 0.15) is 13.8 Å². The fraction of sp³-hybridized carbons (Fsp3) is 0.250. The van der Waals surface area contributed by atoms with Gasteiger partial charge in [0.15, 0.2) is 0 Å². The molecular weight excluding hydrogens is 112 g/mol. The van der Waals surface area contributed by atoms with Crippen molar-refractivity contribution in [3.8, 4) is 0 Å². The standard InChI is InChI=1S/C8H10O/c1-7-3-4-8(2)9-6-5-7/h3-6H,1-2H3. The van der Waals surface area contributed by atoms with Crippen molar-refractivity contribution in [3.63, 3.8) is 0 Å². The molecule has 1 aliphatic rings. The molecule has 1 rings (SSSR count). The molecule has 0 aromatic carbocycles. The molecule has 0 spiro atoms. The molecule has 0 amide bonds. The second kappa shape index (κ2) is 2.53. The van der Waals surface area contributed by atoms with Gasteiger partial charge in [0.25, 0.3) is 0 Å². The summed E-state index contributed by atoms with van der Waals surface area (Å²) in [5.41, 5.74) is 1.21. The summed E-state index contributed by atoms with van der Waals surface area (Å²) >= 11 is 0. The van der Waals surface area contributed by atoms with Crippen molar-refractivity contribution in [1.29, 1.82) is 0 Å². The van der Waals surface area contributed by atoms with E-state index in [0.29, 0.717) is 0 Å². The Morgan fingerprint density at radius 1 is 1.22 bits per heavy atom. The van der Waals surface area contributed by atoms with Crippen molar-refractivity contribution in [1.82, 2.24) is 0 Å². The fourth-order valence-corrected chi connectivity index (χ4v) is 0.592. The van der Waals surface area contributed by atoms with Gasteiger partial charge in [-0.05, 0) is 31.6 Å². The summed E-state index contributed by atoms with van der Waals surface area (Å²) in [6.07, 6.45) is 7.62. The molecule has 1 aliphatic heterocycles. The van der Waals surface area contributed by atoms with E-state index >= 15 is 0 Å². The summed E-state index contributed by atoms with van der Waals surface area (Å²) in [5.74, 6) is 0.933. The minimum absolute atomic E-state index is 0.933. The van der Waals surface area contributed by atoms with E-state index in [4.69, 9.17) is 4.74 Å². The topological polar surface area (TPSA) is 9.23 Å². The van der Waals surface area contributed by atoms with Crippen molar-refractivity contribution >= 4 is 0 Å². The largest absolute Gasteiger partial charge is 0.470 e. The molecule has 0 atom stereocenters. The van der Waals surface area contributed by atoms with Gasteiger partial charge in [-0.25, -0.2) is 0 Å². The van der Waals surface area contributed by atoms with Crippen LogP contribution >= 0.6 is 0 Å². The summed E-state index contributed by atoms with van der Waals surface area (Å²) in [5, 5.41) is 0. The fourth-order valence-electron chi connectivity index (χ4n) is 0.592. The Labute approximate surface area is 55.3 Å². The molecule has 9 heavy (non-hydrogen) atoms. The molecule has 0 radical (unpaired) electrons. The van der Waals surface area contributed by atoms with Gasteiger partial charge >= 0.3 is 0 Å². The van der Waals surface area contributed by atoms with E-state index in [-0.39, 0.29) is 0 Å². The summed E-state index contributed by atoms with van der Waals surface area (Å²) in [6, 6.07) is 0. The lowest BCUT2D eigenvalue weighted by atomic mass is 10.3. The van der Waals surface area contributed by atoms with Crippen molar-refractivity contribution in [2.75, 3.05) is 0 Å². The first-order valence-corrected chi connectivity index (χ1v) is 2.97. The lowest BCUT2D eigenvalue weighted by Gasteiger charge is -1.92. The second-order valence-electron chi connectivity index (χ2n) is 2.11. The van der Waals surface area contributed by atoms with Gasteiger partial charge in [-0.15, -0.1) is 0 Å². The molecule has 0 aliphatic carbocycles. The van der Waals surface area contributed by atoms with E-state index in [0.717, 1.165) is 5.76 Å². The molecule has 0 bridgehead atoms. The molecule has 1 nitrogen and oxygen atoms in total. The zero-order valence-electron chi connectivity index (χ0n) is 5.72. The highest BCUT2D eigenvalue weighted by Crippen LogP contribution is 2.05. The molecule has 1 heterocycles. The number of rotatable bonds is 0. The highest BCUT2D eigenvalue weighted by Gasteiger charge is 1.88. The average Bonchev–Trinajstić information content (AvgIpc) is 1.97. The third kappa shape index (κ3) is 1.76. The molecule has 0 aromatic heterocycles. The Hall–Kier alpha value is -0.980. The third-order valence-corrected chi connectivity index (χ3v) is 1.17. The minimum atomic E-state index is 0.933. The van der Waals surface area contributed by atoms with Gasteiger partial charge in [0.1, 0.15) is 5.76 Å². The molecule has 1 heteroatoms. The Bertz CT molecular complexity index is 185. The van der Waals surface area contributed by atoms with Gasteiger partial charge in [-0.1, -0.05) is 6.08 Å². The van der Waals surface area contributed by atoms with Gasteiger partial charge < -0.3 is 4.74 Å². The smallest absolute Gasteiger partial charge is 0.100 e. The van der Waals surface area contributed by atoms with Gasteiger partial charge in [0.05, 0.1) is 6.26 Å². The Kier molecular flexibility index (Phi) is 1.73. The predicted octanol–water partition coefficient (Wildman–Crippen LogP) is 2.38. The van der Waals surface area contributed by atoms with Crippen LogP contribution in [0.3, 0.4) is 0 Å². The molecule has 0 saturated carbocycles. The number of allylic oxidation sites excluding steroid dienone is 5. The van der Waals surface area contributed by atoms with Crippen molar-refractivity contribution in [2.24, 2.45) is 0 Å². The zero-order valence-corrected chi connectivity index (χ0v) is 5.72. The number of hydrogen-bond donors (Lipinski definition) is 0. The van der Waals surface area contributed by atoms with E-state index in [9.17, 15) is 0 Å². The van der Waals surface area contributed by atoms with Crippen LogP contribution in [0.15, 0.2) is 35.8 Å². The van der Waals surface area contributed by atoms with Crippen molar-refractivity contribution in [2.45, 2.75) is 13.8 Å². The lowest BCUT2D eigenvalue weighted by molar-refractivity contribution is 0.354. The molecule has 0 aromatic rings. The third-order valence-electron chi connectivity index (χ3n) is 1.17. The van der Waals surface area contributed by atoms with E-state index in [1.165, 1.54) is 5.57 Å². The van der Waals surface area contributed by atoms with Crippen molar-refractivity contribution in [3.05, 3.63) is 35.8 Å². The first kappa shape index (κ1) is 6.14. The van der Waals surface area contributed by atoms with Crippen LogP contribution in [0, 0.1) is 0 Å². The SMILES string of the molecule is CC1=CC=C(C)OC=C1. The van der Waals surface area contributed by atoms with Crippen LogP contribution in [-0.2, 0) is 4.74 Å². The van der Waals surface area contributed by atoms with E-state index in [1.807, 2.05) is 32.1 Å². The molecule has 0 saturated heterocycles. The molecular formula is C8H10O. The van der Waals surface area contributed by atoms with E-state index in [1.54, 1.807) is 6.26 Å². The Balaban J connectivity index is 2.80. The summed E-state index contributed by atoms with van der Waals surface area (Å²) in [7, 11) is 0. The second-order valence-corrected chi connectivity index (χ2v) is 2.11. The highest BCUT2D eigenvalue weighted by atomic mass is 16.5. The maximum absolute atomic E-state index is 5.10. The predicted molar refractivity (Wildman–Crippen MR) is 37.7 cm³/mol. The summed E-state index contributed by atoms with van der Waals surface area (Å²) in [4.78, 5) is 0. The van der Waals surface area contributed by atoms with Gasteiger partial charge in [0.2, 0.25) is 0 Å². The Morgan fingerprint density at radius 3 is 2.78 bits per heavy atom. The maximum atomic E-state index is 5.10. The van der Waals surface area contributed by atoms with Crippen LogP contribution in [-0.4, -0.2) is 0 Å². The molecule has 0 N–H and O–H groups in total. The molecule has 48 valence electrons. The van der Waals surface area contributed by atoms with Gasteiger partial charge in [-0.2, -0.15) is 0 Å². The van der Waals surface area contributed by atoms with Crippen LogP contribution in [0.25, 0.3) is 0 Å². The Morgan fingerprint density at radius 2 is 2.00 bits per heavy atom. The van der Waals surface area contributed by atoms with Crippen LogP contribution in [0.4, 0.5) is 0 Å². The van der Waals surface area contributed by atoms with Gasteiger partial charge in [-0.3, -0.25) is 0 Å². The molecule has 0 fully saturated rings. The van der Waals surface area contributed by atoms with Crippen LogP contribution in [0.5, 0.6) is 0 Å². The van der Waals surface area contributed by atoms with E-state index < -0.39 is 0 Å². The average molecular weight is 122 g/mol. The molecule has 0 unspecified atom stereocenters.